The Balaban J connectivity index is 1.90. The van der Waals surface area contributed by atoms with Crippen molar-refractivity contribution in [2.75, 3.05) is 13.7 Å². The molecule has 26 heavy (non-hydrogen) atoms. The van der Waals surface area contributed by atoms with E-state index in [1.165, 1.54) is 4.68 Å². The molecule has 134 valence electrons. The lowest BCUT2D eigenvalue weighted by atomic mass is 9.99. The molecular weight excluding hydrogens is 332 g/mol. The van der Waals surface area contributed by atoms with Crippen LogP contribution in [0.4, 0.5) is 0 Å². The van der Waals surface area contributed by atoms with Crippen molar-refractivity contribution in [2.45, 2.75) is 12.6 Å². The van der Waals surface area contributed by atoms with Gasteiger partial charge in [0.2, 0.25) is 0 Å². The summed E-state index contributed by atoms with van der Waals surface area (Å²) in [5, 5.41) is 16.2. The summed E-state index contributed by atoms with van der Waals surface area (Å²) < 4.78 is 6.68. The van der Waals surface area contributed by atoms with Crippen molar-refractivity contribution >= 4 is 5.91 Å². The zero-order valence-electron chi connectivity index (χ0n) is 14.4. The minimum absolute atomic E-state index is 0.0891. The third-order valence-electron chi connectivity index (χ3n) is 4.02. The molecule has 1 amide bonds. The van der Waals surface area contributed by atoms with E-state index in [9.17, 15) is 4.79 Å². The van der Waals surface area contributed by atoms with E-state index < -0.39 is 0 Å². The maximum atomic E-state index is 12.8. The topological polar surface area (TPSA) is 89.3 Å². The molecule has 0 aliphatic heterocycles. The number of pyridine rings is 1. The van der Waals surface area contributed by atoms with Crippen LogP contribution in [0.25, 0.3) is 0 Å². The lowest BCUT2D eigenvalue weighted by Crippen LogP contribution is -2.31. The van der Waals surface area contributed by atoms with Gasteiger partial charge in [0, 0.05) is 18.6 Å². The predicted molar refractivity (Wildman–Crippen MR) is 95.9 cm³/mol. The Morgan fingerprint density at radius 3 is 2.46 bits per heavy atom. The van der Waals surface area contributed by atoms with E-state index in [1.54, 1.807) is 31.8 Å². The smallest absolute Gasteiger partial charge is 0.270 e. The van der Waals surface area contributed by atoms with Gasteiger partial charge in [0.25, 0.3) is 5.91 Å². The van der Waals surface area contributed by atoms with E-state index in [2.05, 4.69) is 15.4 Å². The SMILES string of the molecule is COc1ccc([C@@H](NC(=O)c2ccnn2CCO)c2ccncc2)cc1. The lowest BCUT2D eigenvalue weighted by molar-refractivity contribution is 0.0930. The Hall–Kier alpha value is -3.19. The number of benzene rings is 1. The van der Waals surface area contributed by atoms with Gasteiger partial charge in [-0.3, -0.25) is 14.5 Å². The van der Waals surface area contributed by atoms with Crippen LogP contribution in [0.5, 0.6) is 5.75 Å². The fraction of sp³-hybridized carbons (Fsp3) is 0.211. The van der Waals surface area contributed by atoms with Gasteiger partial charge in [-0.15, -0.1) is 0 Å². The summed E-state index contributed by atoms with van der Waals surface area (Å²) in [5.41, 5.74) is 2.22. The van der Waals surface area contributed by atoms with E-state index >= 15 is 0 Å². The number of aliphatic hydroxyl groups excluding tert-OH is 1. The number of ether oxygens (including phenoxy) is 1. The summed E-state index contributed by atoms with van der Waals surface area (Å²) in [5.74, 6) is 0.475. The minimum atomic E-state index is -0.353. The van der Waals surface area contributed by atoms with Crippen molar-refractivity contribution in [3.05, 3.63) is 77.9 Å². The molecule has 0 aliphatic carbocycles. The van der Waals surface area contributed by atoms with Gasteiger partial charge in [-0.25, -0.2) is 0 Å². The van der Waals surface area contributed by atoms with Crippen LogP contribution in [0.15, 0.2) is 61.1 Å². The van der Waals surface area contributed by atoms with Crippen LogP contribution in [0, 0.1) is 0 Å². The lowest BCUT2D eigenvalue weighted by Gasteiger charge is -2.20. The molecule has 0 saturated heterocycles. The quantitative estimate of drug-likeness (QED) is 0.677. The number of nitrogens with one attached hydrogen (secondary N) is 1. The molecule has 0 bridgehead atoms. The summed E-state index contributed by atoms with van der Waals surface area (Å²) in [6, 6.07) is 12.5. The molecule has 1 atom stereocenters. The number of hydrogen-bond acceptors (Lipinski definition) is 5. The molecule has 2 N–H and O–H groups in total. The van der Waals surface area contributed by atoms with Gasteiger partial charge in [0.15, 0.2) is 0 Å². The fourth-order valence-electron chi connectivity index (χ4n) is 2.71. The van der Waals surface area contributed by atoms with Crippen LogP contribution in [-0.2, 0) is 6.54 Å². The largest absolute Gasteiger partial charge is 0.497 e. The van der Waals surface area contributed by atoms with Crippen molar-refractivity contribution < 1.29 is 14.6 Å². The summed E-state index contributed by atoms with van der Waals surface area (Å²) >= 11 is 0. The van der Waals surface area contributed by atoms with Gasteiger partial charge in [-0.1, -0.05) is 12.1 Å². The fourth-order valence-corrected chi connectivity index (χ4v) is 2.71. The molecule has 0 spiro atoms. The van der Waals surface area contributed by atoms with Gasteiger partial charge in [-0.05, 0) is 41.5 Å². The van der Waals surface area contributed by atoms with Crippen molar-refractivity contribution in [1.29, 1.82) is 0 Å². The van der Waals surface area contributed by atoms with Crippen LogP contribution < -0.4 is 10.1 Å². The zero-order valence-corrected chi connectivity index (χ0v) is 14.4. The van der Waals surface area contributed by atoms with Crippen molar-refractivity contribution in [3.8, 4) is 5.75 Å². The maximum absolute atomic E-state index is 12.8. The maximum Gasteiger partial charge on any atom is 0.270 e. The molecule has 0 unspecified atom stereocenters. The van der Waals surface area contributed by atoms with Gasteiger partial charge < -0.3 is 15.2 Å². The van der Waals surface area contributed by atoms with Gasteiger partial charge in [-0.2, -0.15) is 5.10 Å². The van der Waals surface area contributed by atoms with Crippen LogP contribution in [0.3, 0.4) is 0 Å². The van der Waals surface area contributed by atoms with E-state index in [0.29, 0.717) is 5.69 Å². The van der Waals surface area contributed by atoms with E-state index in [4.69, 9.17) is 9.84 Å². The molecule has 2 aromatic heterocycles. The molecule has 0 radical (unpaired) electrons. The first-order valence-corrected chi connectivity index (χ1v) is 8.20. The standard InChI is InChI=1S/C19H20N4O3/c1-26-16-4-2-14(3-5-16)18(15-6-9-20-10-7-15)22-19(25)17-8-11-21-23(17)12-13-24/h2-11,18,24H,12-13H2,1H3,(H,22,25)/t18-/m1/s1. The highest BCUT2D eigenvalue weighted by atomic mass is 16.5. The number of nitrogens with zero attached hydrogens (tertiary/aromatic N) is 3. The zero-order chi connectivity index (χ0) is 18.4. The number of aromatic nitrogens is 3. The number of carbonyl (C=O) groups excluding carboxylic acids is 1. The van der Waals surface area contributed by atoms with Gasteiger partial charge >= 0.3 is 0 Å². The molecule has 7 heteroatoms. The van der Waals surface area contributed by atoms with Crippen LogP contribution in [-0.4, -0.2) is 39.5 Å². The van der Waals surface area contributed by atoms with Gasteiger partial charge in [0.05, 0.1) is 26.3 Å². The third-order valence-corrected chi connectivity index (χ3v) is 4.02. The molecule has 0 aliphatic rings. The Morgan fingerprint density at radius 1 is 1.12 bits per heavy atom. The number of aliphatic hydroxyl groups is 1. The van der Waals surface area contributed by atoms with Crippen LogP contribution in [0.2, 0.25) is 0 Å². The second kappa shape index (κ2) is 8.26. The first kappa shape index (κ1) is 17.6. The molecule has 3 aromatic rings. The summed E-state index contributed by atoms with van der Waals surface area (Å²) in [4.78, 5) is 16.8. The Kier molecular flexibility index (Phi) is 5.60. The minimum Gasteiger partial charge on any atom is -0.497 e. The van der Waals surface area contributed by atoms with Crippen LogP contribution >= 0.6 is 0 Å². The number of hydrogen-bond donors (Lipinski definition) is 2. The molecule has 7 nitrogen and oxygen atoms in total. The number of amides is 1. The molecule has 0 fully saturated rings. The monoisotopic (exact) mass is 352 g/mol. The van der Waals surface area contributed by atoms with Crippen LogP contribution in [0.1, 0.15) is 27.7 Å². The van der Waals surface area contributed by atoms with Crippen molar-refractivity contribution in [3.63, 3.8) is 0 Å². The number of carbonyl (C=O) groups is 1. The Morgan fingerprint density at radius 2 is 1.81 bits per heavy atom. The second-order valence-electron chi connectivity index (χ2n) is 5.62. The third kappa shape index (κ3) is 3.89. The first-order valence-electron chi connectivity index (χ1n) is 8.20. The first-order chi connectivity index (χ1) is 12.7. The Bertz CT molecular complexity index is 847. The summed E-state index contributed by atoms with van der Waals surface area (Å²) in [6.07, 6.45) is 4.92. The van der Waals surface area contributed by atoms with E-state index in [0.717, 1.165) is 16.9 Å². The second-order valence-corrected chi connectivity index (χ2v) is 5.62. The average molecular weight is 352 g/mol. The number of rotatable bonds is 7. The van der Waals surface area contributed by atoms with E-state index in [1.807, 2.05) is 36.4 Å². The summed E-state index contributed by atoms with van der Waals surface area (Å²) in [6.45, 7) is 0.173. The highest BCUT2D eigenvalue weighted by Crippen LogP contribution is 2.24. The molecule has 2 heterocycles. The van der Waals surface area contributed by atoms with Crippen molar-refractivity contribution in [2.24, 2.45) is 0 Å². The highest BCUT2D eigenvalue weighted by Gasteiger charge is 2.20. The Labute approximate surface area is 151 Å². The van der Waals surface area contributed by atoms with Crippen molar-refractivity contribution in [1.82, 2.24) is 20.1 Å². The molecule has 1 aromatic carbocycles. The number of methoxy groups -OCH3 is 1. The van der Waals surface area contributed by atoms with Gasteiger partial charge in [0.1, 0.15) is 11.4 Å². The highest BCUT2D eigenvalue weighted by molar-refractivity contribution is 5.93. The predicted octanol–water partition coefficient (Wildman–Crippen LogP) is 1.80. The summed E-state index contributed by atoms with van der Waals surface area (Å²) in [7, 11) is 1.61. The molecule has 3 rings (SSSR count). The molecule has 0 saturated carbocycles. The average Bonchev–Trinajstić information content (AvgIpc) is 3.15. The normalized spacial score (nSPS) is 11.8. The molecular formula is C19H20N4O3. The van der Waals surface area contributed by atoms with E-state index in [-0.39, 0.29) is 25.1 Å².